The number of benzene rings is 1. The molecule has 2 rings (SSSR count). The number of rotatable bonds is 6. The summed E-state index contributed by atoms with van der Waals surface area (Å²) in [6.07, 6.45) is 0. The average Bonchev–Trinajstić information content (AvgIpc) is 2.86. The molecule has 22 heavy (non-hydrogen) atoms. The minimum atomic E-state index is 0.162. The van der Waals surface area contributed by atoms with Crippen molar-refractivity contribution in [1.29, 1.82) is 0 Å². The highest BCUT2D eigenvalue weighted by Crippen LogP contribution is 2.25. The van der Waals surface area contributed by atoms with Crippen LogP contribution in [0, 0.1) is 12.8 Å². The van der Waals surface area contributed by atoms with Gasteiger partial charge in [-0.3, -0.25) is 0 Å². The van der Waals surface area contributed by atoms with Crippen LogP contribution in [0.3, 0.4) is 0 Å². The second-order valence-corrected chi connectivity index (χ2v) is 5.51. The number of guanidine groups is 1. The van der Waals surface area contributed by atoms with Crippen LogP contribution in [-0.2, 0) is 6.54 Å². The van der Waals surface area contributed by atoms with Crippen molar-refractivity contribution in [3.63, 3.8) is 0 Å². The Labute approximate surface area is 131 Å². The molecule has 1 aromatic heterocycles. The van der Waals surface area contributed by atoms with E-state index in [0.29, 0.717) is 13.1 Å². The van der Waals surface area contributed by atoms with Gasteiger partial charge >= 0.3 is 0 Å². The van der Waals surface area contributed by atoms with Gasteiger partial charge < -0.3 is 20.2 Å². The van der Waals surface area contributed by atoms with Gasteiger partial charge in [-0.25, -0.2) is 4.99 Å². The maximum atomic E-state index is 9.09. The molecule has 5 heteroatoms. The first-order chi connectivity index (χ1) is 10.7. The Morgan fingerprint density at radius 3 is 2.77 bits per heavy atom. The average molecular weight is 303 g/mol. The number of aliphatic hydroxyl groups is 1. The van der Waals surface area contributed by atoms with Gasteiger partial charge in [0.2, 0.25) is 0 Å². The number of fused-ring (bicyclic) bond motifs is 1. The quantitative estimate of drug-likeness (QED) is 0.566. The molecule has 1 aromatic carbocycles. The SMILES string of the molecule is CCNC(=NCc1oc2ccccc2c1C)NCC(C)CO. The normalized spacial score (nSPS) is 13.4. The monoisotopic (exact) mass is 303 g/mol. The number of nitrogens with one attached hydrogen (secondary N) is 2. The molecule has 0 aliphatic rings. The zero-order valence-electron chi connectivity index (χ0n) is 13.5. The summed E-state index contributed by atoms with van der Waals surface area (Å²) >= 11 is 0. The topological polar surface area (TPSA) is 69.8 Å². The smallest absolute Gasteiger partial charge is 0.191 e. The van der Waals surface area contributed by atoms with Gasteiger partial charge in [0.25, 0.3) is 0 Å². The second-order valence-electron chi connectivity index (χ2n) is 5.51. The molecule has 0 saturated carbocycles. The van der Waals surface area contributed by atoms with E-state index in [1.54, 1.807) is 0 Å². The van der Waals surface area contributed by atoms with E-state index in [0.717, 1.165) is 34.8 Å². The Morgan fingerprint density at radius 2 is 2.09 bits per heavy atom. The van der Waals surface area contributed by atoms with E-state index in [-0.39, 0.29) is 12.5 Å². The summed E-state index contributed by atoms with van der Waals surface area (Å²) in [5, 5.41) is 16.7. The molecule has 0 fully saturated rings. The molecule has 0 spiro atoms. The fourth-order valence-corrected chi connectivity index (χ4v) is 2.20. The van der Waals surface area contributed by atoms with E-state index in [1.807, 2.05) is 32.0 Å². The molecule has 1 heterocycles. The molecule has 0 saturated heterocycles. The maximum absolute atomic E-state index is 9.09. The predicted molar refractivity (Wildman–Crippen MR) is 90.0 cm³/mol. The van der Waals surface area contributed by atoms with E-state index >= 15 is 0 Å². The summed E-state index contributed by atoms with van der Waals surface area (Å²) in [7, 11) is 0. The molecule has 0 radical (unpaired) electrons. The van der Waals surface area contributed by atoms with Crippen molar-refractivity contribution in [1.82, 2.24) is 10.6 Å². The van der Waals surface area contributed by atoms with Gasteiger partial charge in [0.1, 0.15) is 17.9 Å². The van der Waals surface area contributed by atoms with Crippen LogP contribution in [0.15, 0.2) is 33.7 Å². The Morgan fingerprint density at radius 1 is 1.32 bits per heavy atom. The Bertz CT molecular complexity index is 634. The third-order valence-corrected chi connectivity index (χ3v) is 3.60. The highest BCUT2D eigenvalue weighted by atomic mass is 16.3. The van der Waals surface area contributed by atoms with Gasteiger partial charge in [-0.15, -0.1) is 0 Å². The van der Waals surface area contributed by atoms with Crippen LogP contribution in [0.1, 0.15) is 25.2 Å². The number of nitrogens with zero attached hydrogens (tertiary/aromatic N) is 1. The lowest BCUT2D eigenvalue weighted by Gasteiger charge is -2.13. The fraction of sp³-hybridized carbons (Fsp3) is 0.471. The molecule has 0 aliphatic heterocycles. The van der Waals surface area contributed by atoms with Crippen molar-refractivity contribution >= 4 is 16.9 Å². The molecule has 5 nitrogen and oxygen atoms in total. The number of aryl methyl sites for hydroxylation is 1. The van der Waals surface area contributed by atoms with Crippen molar-refractivity contribution in [2.75, 3.05) is 19.7 Å². The molecule has 1 atom stereocenters. The van der Waals surface area contributed by atoms with Gasteiger partial charge in [0.15, 0.2) is 5.96 Å². The summed E-state index contributed by atoms with van der Waals surface area (Å²) < 4.78 is 5.87. The molecule has 120 valence electrons. The van der Waals surface area contributed by atoms with Crippen molar-refractivity contribution in [3.8, 4) is 0 Å². The van der Waals surface area contributed by atoms with Crippen LogP contribution in [0.25, 0.3) is 11.0 Å². The van der Waals surface area contributed by atoms with Crippen LogP contribution in [-0.4, -0.2) is 30.8 Å². The molecule has 0 amide bonds. The predicted octanol–water partition coefficient (Wildman–Crippen LogP) is 2.42. The summed E-state index contributed by atoms with van der Waals surface area (Å²) in [4.78, 5) is 4.57. The lowest BCUT2D eigenvalue weighted by Crippen LogP contribution is -2.39. The van der Waals surface area contributed by atoms with Crippen LogP contribution in [0.2, 0.25) is 0 Å². The summed E-state index contributed by atoms with van der Waals surface area (Å²) in [5.41, 5.74) is 2.04. The van der Waals surface area contributed by atoms with Gasteiger partial charge in [0.05, 0.1) is 0 Å². The fourth-order valence-electron chi connectivity index (χ4n) is 2.20. The molecule has 2 aromatic rings. The third-order valence-electron chi connectivity index (χ3n) is 3.60. The van der Waals surface area contributed by atoms with E-state index in [9.17, 15) is 0 Å². The van der Waals surface area contributed by atoms with Crippen molar-refractivity contribution in [3.05, 3.63) is 35.6 Å². The highest BCUT2D eigenvalue weighted by Gasteiger charge is 2.09. The third kappa shape index (κ3) is 4.01. The summed E-state index contributed by atoms with van der Waals surface area (Å²) in [6.45, 7) is 8.20. The van der Waals surface area contributed by atoms with Crippen LogP contribution in [0.4, 0.5) is 0 Å². The minimum Gasteiger partial charge on any atom is -0.459 e. The summed E-state index contributed by atoms with van der Waals surface area (Å²) in [6, 6.07) is 8.02. The molecule has 3 N–H and O–H groups in total. The first kappa shape index (κ1) is 16.4. The van der Waals surface area contributed by atoms with Crippen LogP contribution < -0.4 is 10.6 Å². The maximum Gasteiger partial charge on any atom is 0.191 e. The molecular weight excluding hydrogens is 278 g/mol. The second kappa shape index (κ2) is 7.84. The zero-order chi connectivity index (χ0) is 15.9. The van der Waals surface area contributed by atoms with Gasteiger partial charge in [-0.2, -0.15) is 0 Å². The Balaban J connectivity index is 2.09. The molecule has 1 unspecified atom stereocenters. The highest BCUT2D eigenvalue weighted by molar-refractivity contribution is 5.82. The Hall–Kier alpha value is -2.01. The minimum absolute atomic E-state index is 0.162. The van der Waals surface area contributed by atoms with E-state index < -0.39 is 0 Å². The number of hydrogen-bond donors (Lipinski definition) is 3. The molecular formula is C17H25N3O2. The number of para-hydroxylation sites is 1. The van der Waals surface area contributed by atoms with Gasteiger partial charge in [-0.1, -0.05) is 25.1 Å². The van der Waals surface area contributed by atoms with E-state index in [4.69, 9.17) is 9.52 Å². The number of hydrogen-bond acceptors (Lipinski definition) is 3. The van der Waals surface area contributed by atoms with Crippen LogP contribution in [0.5, 0.6) is 0 Å². The first-order valence-electron chi connectivity index (χ1n) is 7.75. The van der Waals surface area contributed by atoms with Crippen molar-refractivity contribution in [2.24, 2.45) is 10.9 Å². The number of aliphatic imine (C=N–C) groups is 1. The molecule has 0 aliphatic carbocycles. The zero-order valence-corrected chi connectivity index (χ0v) is 13.5. The largest absolute Gasteiger partial charge is 0.459 e. The molecule has 0 bridgehead atoms. The first-order valence-corrected chi connectivity index (χ1v) is 7.75. The van der Waals surface area contributed by atoms with Crippen molar-refractivity contribution in [2.45, 2.75) is 27.3 Å². The lowest BCUT2D eigenvalue weighted by molar-refractivity contribution is 0.238. The number of aliphatic hydroxyl groups excluding tert-OH is 1. The Kier molecular flexibility index (Phi) is 5.83. The van der Waals surface area contributed by atoms with Gasteiger partial charge in [-0.05, 0) is 25.8 Å². The van der Waals surface area contributed by atoms with Crippen molar-refractivity contribution < 1.29 is 9.52 Å². The summed E-state index contributed by atoms with van der Waals surface area (Å²) in [5.74, 6) is 1.81. The standard InChI is InChI=1S/C17H25N3O2/c1-4-18-17(19-9-12(2)11-21)20-10-16-13(3)14-7-5-6-8-15(14)22-16/h5-8,12,21H,4,9-11H2,1-3H3,(H2,18,19,20). The van der Waals surface area contributed by atoms with E-state index in [1.165, 1.54) is 0 Å². The van der Waals surface area contributed by atoms with E-state index in [2.05, 4.69) is 28.6 Å². The van der Waals surface area contributed by atoms with Gasteiger partial charge in [0, 0.05) is 30.6 Å². The lowest BCUT2D eigenvalue weighted by atomic mass is 10.1. The number of furan rings is 1. The van der Waals surface area contributed by atoms with Crippen LogP contribution >= 0.6 is 0 Å².